The smallest absolute Gasteiger partial charge is 0.355 e. The second-order valence-corrected chi connectivity index (χ2v) is 4.13. The van der Waals surface area contributed by atoms with Gasteiger partial charge in [-0.1, -0.05) is 0 Å². The first-order chi connectivity index (χ1) is 7.13. The third-order valence-electron chi connectivity index (χ3n) is 2.18. The molecule has 1 aromatic rings. The fourth-order valence-corrected chi connectivity index (χ4v) is 1.75. The van der Waals surface area contributed by atoms with Crippen LogP contribution in [-0.2, 0) is 0 Å². The molecule has 80 valence electrons. The Morgan fingerprint density at radius 2 is 2.20 bits per heavy atom. The Hall–Kier alpha value is -1.17. The molecule has 1 N–H and O–H groups in total. The maximum atomic E-state index is 10.9. The Bertz CT molecular complexity index is 418. The van der Waals surface area contributed by atoms with E-state index in [-0.39, 0.29) is 11.6 Å². The second-order valence-electron chi connectivity index (χ2n) is 3.33. The summed E-state index contributed by atoms with van der Waals surface area (Å²) in [7, 11) is 1.45. The summed E-state index contributed by atoms with van der Waals surface area (Å²) >= 11 is 3.11. The molecular formula is C9H9BrN2O3. The number of aromatic carboxylic acids is 1. The van der Waals surface area contributed by atoms with Crippen LogP contribution in [0.15, 0.2) is 4.47 Å². The Morgan fingerprint density at radius 3 is 2.67 bits per heavy atom. The molecule has 15 heavy (non-hydrogen) atoms. The maximum absolute atomic E-state index is 10.9. The molecule has 0 saturated heterocycles. The number of carboxylic acid groups (broad SMARTS) is 1. The van der Waals surface area contributed by atoms with Gasteiger partial charge in [0.25, 0.3) is 0 Å². The van der Waals surface area contributed by atoms with Crippen molar-refractivity contribution in [2.75, 3.05) is 7.11 Å². The van der Waals surface area contributed by atoms with Crippen LogP contribution in [0, 0.1) is 0 Å². The van der Waals surface area contributed by atoms with Gasteiger partial charge in [0, 0.05) is 5.92 Å². The van der Waals surface area contributed by atoms with Crippen LogP contribution in [-0.4, -0.2) is 28.2 Å². The van der Waals surface area contributed by atoms with Crippen molar-refractivity contribution in [1.29, 1.82) is 0 Å². The van der Waals surface area contributed by atoms with Crippen LogP contribution >= 0.6 is 15.9 Å². The molecule has 1 aliphatic rings. The monoisotopic (exact) mass is 272 g/mol. The van der Waals surface area contributed by atoms with Crippen molar-refractivity contribution < 1.29 is 14.6 Å². The summed E-state index contributed by atoms with van der Waals surface area (Å²) in [6.07, 6.45) is 2.04. The highest BCUT2D eigenvalue weighted by Gasteiger charge is 2.29. The van der Waals surface area contributed by atoms with E-state index < -0.39 is 5.97 Å². The number of halogens is 1. The van der Waals surface area contributed by atoms with Crippen molar-refractivity contribution in [3.05, 3.63) is 16.0 Å². The lowest BCUT2D eigenvalue weighted by Crippen LogP contribution is -2.08. The molecule has 5 nitrogen and oxygen atoms in total. The molecule has 0 radical (unpaired) electrons. The molecule has 0 aromatic carbocycles. The van der Waals surface area contributed by atoms with Crippen LogP contribution in [0.5, 0.6) is 5.88 Å². The Balaban J connectivity index is 2.52. The van der Waals surface area contributed by atoms with E-state index in [9.17, 15) is 4.79 Å². The van der Waals surface area contributed by atoms with Crippen molar-refractivity contribution in [1.82, 2.24) is 9.97 Å². The average molecular weight is 273 g/mol. The number of methoxy groups -OCH3 is 1. The number of ether oxygens (including phenoxy) is 1. The minimum atomic E-state index is -1.08. The lowest BCUT2D eigenvalue weighted by Gasteiger charge is -2.06. The zero-order valence-electron chi connectivity index (χ0n) is 8.03. The molecule has 0 aliphatic heterocycles. The molecule has 0 amide bonds. The van der Waals surface area contributed by atoms with Crippen molar-refractivity contribution >= 4 is 21.9 Å². The molecule has 6 heteroatoms. The lowest BCUT2D eigenvalue weighted by atomic mass is 10.3. The number of rotatable bonds is 3. The normalized spacial score (nSPS) is 15.1. The van der Waals surface area contributed by atoms with Gasteiger partial charge in [-0.2, -0.15) is 4.98 Å². The molecule has 0 unspecified atom stereocenters. The number of hydrogen-bond acceptors (Lipinski definition) is 4. The predicted molar refractivity (Wildman–Crippen MR) is 55.2 cm³/mol. The van der Waals surface area contributed by atoms with Crippen LogP contribution in [0.1, 0.15) is 35.1 Å². The minimum Gasteiger partial charge on any atom is -0.480 e. The van der Waals surface area contributed by atoms with E-state index in [1.54, 1.807) is 0 Å². The van der Waals surface area contributed by atoms with Crippen molar-refractivity contribution in [2.45, 2.75) is 18.8 Å². The number of carbonyl (C=O) groups is 1. The molecule has 1 aromatic heterocycles. The third kappa shape index (κ3) is 1.94. The van der Waals surface area contributed by atoms with Crippen LogP contribution in [0.3, 0.4) is 0 Å². The minimum absolute atomic E-state index is 0.0382. The summed E-state index contributed by atoms with van der Waals surface area (Å²) in [5, 5.41) is 8.94. The van der Waals surface area contributed by atoms with Crippen molar-refractivity contribution in [3.63, 3.8) is 0 Å². The Morgan fingerprint density at radius 1 is 1.53 bits per heavy atom. The van der Waals surface area contributed by atoms with E-state index in [0.717, 1.165) is 12.8 Å². The van der Waals surface area contributed by atoms with Crippen LogP contribution < -0.4 is 4.74 Å². The highest BCUT2D eigenvalue weighted by Crippen LogP contribution is 2.40. The van der Waals surface area contributed by atoms with E-state index in [0.29, 0.717) is 16.2 Å². The summed E-state index contributed by atoms with van der Waals surface area (Å²) in [6, 6.07) is 0. The standard InChI is InChI=1S/C9H9BrN2O3/c1-15-8-5(10)6(9(13)14)11-7(12-8)4-2-3-4/h4H,2-3H2,1H3,(H,13,14). The van der Waals surface area contributed by atoms with E-state index in [2.05, 4.69) is 25.9 Å². The summed E-state index contributed by atoms with van der Waals surface area (Å²) < 4.78 is 5.29. The van der Waals surface area contributed by atoms with Crippen LogP contribution in [0.4, 0.5) is 0 Å². The molecule has 2 rings (SSSR count). The first-order valence-corrected chi connectivity index (χ1v) is 5.27. The van der Waals surface area contributed by atoms with E-state index in [1.165, 1.54) is 7.11 Å². The average Bonchev–Trinajstić information content (AvgIpc) is 3.01. The van der Waals surface area contributed by atoms with Gasteiger partial charge in [0.05, 0.1) is 7.11 Å². The first-order valence-electron chi connectivity index (χ1n) is 4.48. The molecular weight excluding hydrogens is 264 g/mol. The first kappa shape index (κ1) is 10.4. The quantitative estimate of drug-likeness (QED) is 0.909. The Labute approximate surface area is 94.6 Å². The van der Waals surface area contributed by atoms with Gasteiger partial charge in [-0.25, -0.2) is 9.78 Å². The highest BCUT2D eigenvalue weighted by atomic mass is 79.9. The zero-order valence-corrected chi connectivity index (χ0v) is 9.61. The number of aromatic nitrogens is 2. The van der Waals surface area contributed by atoms with Gasteiger partial charge in [0.15, 0.2) is 5.69 Å². The maximum Gasteiger partial charge on any atom is 0.355 e. The molecule has 0 bridgehead atoms. The van der Waals surface area contributed by atoms with Gasteiger partial charge >= 0.3 is 5.97 Å². The predicted octanol–water partition coefficient (Wildman–Crippen LogP) is 1.82. The van der Waals surface area contributed by atoms with Gasteiger partial charge in [-0.15, -0.1) is 0 Å². The van der Waals surface area contributed by atoms with Gasteiger partial charge in [-0.3, -0.25) is 0 Å². The van der Waals surface area contributed by atoms with E-state index in [4.69, 9.17) is 9.84 Å². The molecule has 1 fully saturated rings. The van der Waals surface area contributed by atoms with Crippen molar-refractivity contribution in [2.24, 2.45) is 0 Å². The second kappa shape index (κ2) is 3.77. The van der Waals surface area contributed by atoms with Crippen molar-refractivity contribution in [3.8, 4) is 5.88 Å². The summed E-state index contributed by atoms with van der Waals surface area (Å²) in [5.41, 5.74) is -0.0382. The fraction of sp³-hybridized carbons (Fsp3) is 0.444. The molecule has 1 saturated carbocycles. The van der Waals surface area contributed by atoms with Crippen LogP contribution in [0.2, 0.25) is 0 Å². The Kier molecular flexibility index (Phi) is 2.60. The summed E-state index contributed by atoms with van der Waals surface area (Å²) in [5.74, 6) is 0.0614. The number of carboxylic acids is 1. The SMILES string of the molecule is COc1nc(C2CC2)nc(C(=O)O)c1Br. The van der Waals surface area contributed by atoms with E-state index in [1.807, 2.05) is 0 Å². The molecule has 0 atom stereocenters. The highest BCUT2D eigenvalue weighted by molar-refractivity contribution is 9.10. The summed E-state index contributed by atoms with van der Waals surface area (Å²) in [4.78, 5) is 19.1. The summed E-state index contributed by atoms with van der Waals surface area (Å²) in [6.45, 7) is 0. The number of hydrogen-bond donors (Lipinski definition) is 1. The largest absolute Gasteiger partial charge is 0.480 e. The molecule has 0 spiro atoms. The van der Waals surface area contributed by atoms with Gasteiger partial charge in [0.1, 0.15) is 10.3 Å². The van der Waals surface area contributed by atoms with Gasteiger partial charge < -0.3 is 9.84 Å². The van der Waals surface area contributed by atoms with Crippen LogP contribution in [0.25, 0.3) is 0 Å². The third-order valence-corrected chi connectivity index (χ3v) is 2.89. The topological polar surface area (TPSA) is 72.3 Å². The number of nitrogens with zero attached hydrogens (tertiary/aromatic N) is 2. The fourth-order valence-electron chi connectivity index (χ4n) is 1.24. The van der Waals surface area contributed by atoms with Gasteiger partial charge in [-0.05, 0) is 28.8 Å². The van der Waals surface area contributed by atoms with Gasteiger partial charge in [0.2, 0.25) is 5.88 Å². The molecule has 1 aliphatic carbocycles. The lowest BCUT2D eigenvalue weighted by molar-refractivity contribution is 0.0688. The molecule has 1 heterocycles. The van der Waals surface area contributed by atoms with E-state index >= 15 is 0 Å². The zero-order chi connectivity index (χ0) is 11.0.